The molecule has 2 aromatic rings. The van der Waals surface area contributed by atoms with Crippen molar-refractivity contribution in [1.29, 1.82) is 0 Å². The summed E-state index contributed by atoms with van der Waals surface area (Å²) < 4.78 is 33.2. The number of fused-ring (bicyclic) bond motifs is 1. The molecule has 2 aromatic carbocycles. The Balaban J connectivity index is 2.14. The van der Waals surface area contributed by atoms with E-state index in [1.807, 2.05) is 0 Å². The van der Waals surface area contributed by atoms with Crippen molar-refractivity contribution in [2.24, 2.45) is 5.73 Å². The number of nitrogens with two attached hydrogens (primary N) is 1. The molecule has 0 radical (unpaired) electrons. The van der Waals surface area contributed by atoms with Crippen LogP contribution in [0.5, 0.6) is 5.75 Å². The summed E-state index contributed by atoms with van der Waals surface area (Å²) in [6.07, 6.45) is 0.718. The van der Waals surface area contributed by atoms with Crippen molar-refractivity contribution in [2.75, 3.05) is 6.61 Å². The van der Waals surface area contributed by atoms with Crippen LogP contribution in [-0.2, 0) is 6.42 Å². The summed E-state index contributed by atoms with van der Waals surface area (Å²) in [4.78, 5) is 0. The van der Waals surface area contributed by atoms with Crippen molar-refractivity contribution in [3.8, 4) is 5.75 Å². The van der Waals surface area contributed by atoms with Crippen molar-refractivity contribution >= 4 is 11.6 Å². The molecule has 0 aromatic heterocycles. The summed E-state index contributed by atoms with van der Waals surface area (Å²) in [6, 6.07) is 6.11. The summed E-state index contributed by atoms with van der Waals surface area (Å²) in [6.45, 7) is 0.523. The highest BCUT2D eigenvalue weighted by Crippen LogP contribution is 2.38. The first-order chi connectivity index (χ1) is 9.58. The fraction of sp³-hybridized carbons (Fsp3) is 0.200. The zero-order valence-electron chi connectivity index (χ0n) is 10.5. The van der Waals surface area contributed by atoms with Gasteiger partial charge in [-0.1, -0.05) is 17.7 Å². The molecule has 5 heteroatoms. The van der Waals surface area contributed by atoms with E-state index < -0.39 is 17.7 Å². The van der Waals surface area contributed by atoms with Crippen LogP contribution in [0.4, 0.5) is 8.78 Å². The third-order valence-electron chi connectivity index (χ3n) is 3.42. The van der Waals surface area contributed by atoms with E-state index in [1.54, 1.807) is 12.1 Å². The Bertz CT molecular complexity index is 655. The van der Waals surface area contributed by atoms with Crippen molar-refractivity contribution in [3.05, 3.63) is 63.7 Å². The van der Waals surface area contributed by atoms with Crippen molar-refractivity contribution in [3.63, 3.8) is 0 Å². The van der Waals surface area contributed by atoms with E-state index in [1.165, 1.54) is 18.2 Å². The molecule has 0 aliphatic carbocycles. The first-order valence-corrected chi connectivity index (χ1v) is 6.60. The second-order valence-corrected chi connectivity index (χ2v) is 5.13. The van der Waals surface area contributed by atoms with Gasteiger partial charge in [0.2, 0.25) is 0 Å². The predicted molar refractivity (Wildman–Crippen MR) is 73.0 cm³/mol. The molecule has 104 valence electrons. The van der Waals surface area contributed by atoms with Gasteiger partial charge in [-0.05, 0) is 29.8 Å². The maximum absolute atomic E-state index is 13.8. The molecule has 1 aliphatic rings. The van der Waals surface area contributed by atoms with Crippen LogP contribution in [0.2, 0.25) is 5.02 Å². The van der Waals surface area contributed by atoms with Crippen molar-refractivity contribution < 1.29 is 13.5 Å². The van der Waals surface area contributed by atoms with Crippen LogP contribution in [-0.4, -0.2) is 6.61 Å². The van der Waals surface area contributed by atoms with Gasteiger partial charge in [0.05, 0.1) is 12.6 Å². The lowest BCUT2D eigenvalue weighted by molar-refractivity contribution is 0.352. The minimum absolute atomic E-state index is 0.174. The molecule has 1 atom stereocenters. The predicted octanol–water partition coefficient (Wildman–Crippen LogP) is 3.60. The molecule has 2 N–H and O–H groups in total. The van der Waals surface area contributed by atoms with Gasteiger partial charge in [0.1, 0.15) is 17.4 Å². The van der Waals surface area contributed by atoms with Crippen LogP contribution in [0.1, 0.15) is 22.7 Å². The quantitative estimate of drug-likeness (QED) is 0.919. The van der Waals surface area contributed by atoms with Crippen LogP contribution >= 0.6 is 11.6 Å². The van der Waals surface area contributed by atoms with Gasteiger partial charge in [0.15, 0.2) is 0 Å². The lowest BCUT2D eigenvalue weighted by atomic mass is 9.96. The summed E-state index contributed by atoms with van der Waals surface area (Å²) in [5, 5.41) is 0.483. The van der Waals surface area contributed by atoms with E-state index >= 15 is 0 Å². The Labute approximate surface area is 120 Å². The maximum Gasteiger partial charge on any atom is 0.131 e. The number of rotatable bonds is 2. The molecule has 0 bridgehead atoms. The topological polar surface area (TPSA) is 35.2 Å². The Morgan fingerprint density at radius 2 is 1.90 bits per heavy atom. The summed E-state index contributed by atoms with van der Waals surface area (Å²) >= 11 is 6.04. The van der Waals surface area contributed by atoms with Crippen molar-refractivity contribution in [1.82, 2.24) is 0 Å². The maximum atomic E-state index is 13.8. The number of benzene rings is 2. The summed E-state index contributed by atoms with van der Waals surface area (Å²) in [5.41, 5.74) is 7.29. The SMILES string of the molecule is NC(c1cc(Cl)cc2c1OCC2)c1c(F)cccc1F. The fourth-order valence-electron chi connectivity index (χ4n) is 2.49. The summed E-state index contributed by atoms with van der Waals surface area (Å²) in [7, 11) is 0. The Kier molecular flexibility index (Phi) is 3.36. The highest BCUT2D eigenvalue weighted by atomic mass is 35.5. The van der Waals surface area contributed by atoms with Crippen molar-refractivity contribution in [2.45, 2.75) is 12.5 Å². The molecule has 0 fully saturated rings. The number of ether oxygens (including phenoxy) is 1. The normalized spacial score (nSPS) is 14.8. The molecule has 1 aliphatic heterocycles. The van der Waals surface area contributed by atoms with Gasteiger partial charge in [-0.3, -0.25) is 0 Å². The van der Waals surface area contributed by atoms with E-state index in [4.69, 9.17) is 22.1 Å². The van der Waals surface area contributed by atoms with E-state index in [-0.39, 0.29) is 5.56 Å². The second kappa shape index (κ2) is 5.04. The molecule has 0 amide bonds. The molecular weight excluding hydrogens is 284 g/mol. The van der Waals surface area contributed by atoms with Gasteiger partial charge in [0, 0.05) is 22.6 Å². The molecule has 1 unspecified atom stereocenters. The van der Waals surface area contributed by atoms with E-state index in [2.05, 4.69) is 0 Å². The monoisotopic (exact) mass is 295 g/mol. The molecule has 0 saturated heterocycles. The second-order valence-electron chi connectivity index (χ2n) is 4.69. The average Bonchev–Trinajstić information content (AvgIpc) is 2.85. The van der Waals surface area contributed by atoms with Crippen LogP contribution in [0, 0.1) is 11.6 Å². The van der Waals surface area contributed by atoms with Gasteiger partial charge < -0.3 is 10.5 Å². The summed E-state index contributed by atoms with van der Waals surface area (Å²) in [5.74, 6) is -0.766. The molecule has 1 heterocycles. The molecule has 0 saturated carbocycles. The number of hydrogen-bond donors (Lipinski definition) is 1. The first kappa shape index (κ1) is 13.3. The molecular formula is C15H12ClF2NO. The smallest absolute Gasteiger partial charge is 0.131 e. The standard InChI is InChI=1S/C15H12ClF2NO/c16-9-6-8-4-5-20-15(8)10(7-9)14(19)13-11(17)2-1-3-12(13)18/h1-3,6-7,14H,4-5,19H2. The van der Waals surface area contributed by atoms with Crippen LogP contribution in [0.15, 0.2) is 30.3 Å². The average molecular weight is 296 g/mol. The first-order valence-electron chi connectivity index (χ1n) is 6.22. The molecule has 2 nitrogen and oxygen atoms in total. The number of halogens is 3. The molecule has 0 spiro atoms. The van der Waals surface area contributed by atoms with Gasteiger partial charge in [-0.2, -0.15) is 0 Å². The minimum Gasteiger partial charge on any atom is -0.493 e. The zero-order chi connectivity index (χ0) is 14.3. The highest BCUT2D eigenvalue weighted by molar-refractivity contribution is 6.30. The lowest BCUT2D eigenvalue weighted by Gasteiger charge is -2.17. The van der Waals surface area contributed by atoms with Gasteiger partial charge in [0.25, 0.3) is 0 Å². The van der Waals surface area contributed by atoms with Gasteiger partial charge in [-0.15, -0.1) is 0 Å². The Morgan fingerprint density at radius 1 is 1.20 bits per heavy atom. The van der Waals surface area contributed by atoms with Crippen LogP contribution in [0.3, 0.4) is 0 Å². The van der Waals surface area contributed by atoms with Gasteiger partial charge in [-0.25, -0.2) is 8.78 Å². The lowest BCUT2D eigenvalue weighted by Crippen LogP contribution is -2.16. The fourth-order valence-corrected chi connectivity index (χ4v) is 2.74. The number of hydrogen-bond acceptors (Lipinski definition) is 2. The molecule has 3 rings (SSSR count). The van der Waals surface area contributed by atoms with Crippen LogP contribution < -0.4 is 10.5 Å². The highest BCUT2D eigenvalue weighted by Gasteiger charge is 2.25. The van der Waals surface area contributed by atoms with E-state index in [9.17, 15) is 8.78 Å². The Hall–Kier alpha value is -1.65. The zero-order valence-corrected chi connectivity index (χ0v) is 11.3. The van der Waals surface area contributed by atoms with Crippen LogP contribution in [0.25, 0.3) is 0 Å². The largest absolute Gasteiger partial charge is 0.493 e. The molecule has 20 heavy (non-hydrogen) atoms. The third kappa shape index (κ3) is 2.15. The van der Waals surface area contributed by atoms with E-state index in [0.717, 1.165) is 12.0 Å². The van der Waals surface area contributed by atoms with E-state index in [0.29, 0.717) is 22.9 Å². The third-order valence-corrected chi connectivity index (χ3v) is 3.64. The Morgan fingerprint density at radius 3 is 2.60 bits per heavy atom. The van der Waals surface area contributed by atoms with Gasteiger partial charge >= 0.3 is 0 Å². The minimum atomic E-state index is -0.957.